The lowest BCUT2D eigenvalue weighted by Crippen LogP contribution is -2.41. The molecule has 0 spiro atoms. The van der Waals surface area contributed by atoms with Crippen LogP contribution in [0.3, 0.4) is 0 Å². The van der Waals surface area contributed by atoms with Crippen molar-refractivity contribution in [2.75, 3.05) is 12.9 Å². The molecule has 1 amide bonds. The number of carbonyl (C=O) groups excluding carboxylic acids is 1. The van der Waals surface area contributed by atoms with E-state index in [1.165, 1.54) is 11.8 Å². The van der Waals surface area contributed by atoms with E-state index in [1.54, 1.807) is 0 Å². The molecule has 0 radical (unpaired) electrons. The molecule has 1 heterocycles. The summed E-state index contributed by atoms with van der Waals surface area (Å²) in [5.74, 6) is -0.167. The van der Waals surface area contributed by atoms with Gasteiger partial charge in [0, 0.05) is 16.7 Å². The second-order valence-corrected chi connectivity index (χ2v) is 7.25. The van der Waals surface area contributed by atoms with Crippen molar-refractivity contribution in [3.8, 4) is 0 Å². The molecule has 0 aliphatic carbocycles. The lowest BCUT2D eigenvalue weighted by Gasteiger charge is -2.22. The molecule has 1 aromatic rings. The Morgan fingerprint density at radius 1 is 1.53 bits per heavy atom. The lowest BCUT2D eigenvalue weighted by atomic mass is 9.91. The quantitative estimate of drug-likeness (QED) is 0.865. The highest BCUT2D eigenvalue weighted by Gasteiger charge is 2.27. The fraction of sp³-hybridized carbons (Fsp3) is 0.750. The zero-order chi connectivity index (χ0) is 14.6. The number of aromatic nitrogens is 2. The van der Waals surface area contributed by atoms with Crippen molar-refractivity contribution in [1.82, 2.24) is 14.9 Å². The highest BCUT2D eigenvalue weighted by atomic mass is 32.2. The van der Waals surface area contributed by atoms with Gasteiger partial charge in [0.2, 0.25) is 0 Å². The van der Waals surface area contributed by atoms with E-state index < -0.39 is 0 Å². The van der Waals surface area contributed by atoms with E-state index in [4.69, 9.17) is 0 Å². The zero-order valence-corrected chi connectivity index (χ0v) is 13.6. The Balaban J connectivity index is 2.82. The Morgan fingerprint density at radius 3 is 2.63 bits per heavy atom. The zero-order valence-electron chi connectivity index (χ0n) is 11.9. The number of hydrogen-bond donors (Lipinski definition) is 2. The third-order valence-electron chi connectivity index (χ3n) is 2.80. The van der Waals surface area contributed by atoms with Crippen LogP contribution in [0.25, 0.3) is 0 Å². The fourth-order valence-electron chi connectivity index (χ4n) is 1.63. The summed E-state index contributed by atoms with van der Waals surface area (Å²) in [6.45, 7) is 7.93. The van der Waals surface area contributed by atoms with Crippen molar-refractivity contribution in [2.24, 2.45) is 0 Å². The number of aliphatic hydroxyl groups is 1. The standard InChI is InChI=1S/C12H21N3O2S2/c1-7(8(6-16)18-5)13-11(17)9-10(12(2,3)4)14-15-19-9/h7-8,16H,6H2,1-5H3,(H,13,17). The number of aliphatic hydroxyl groups excluding tert-OH is 1. The van der Waals surface area contributed by atoms with E-state index in [2.05, 4.69) is 14.9 Å². The van der Waals surface area contributed by atoms with Gasteiger partial charge >= 0.3 is 0 Å². The van der Waals surface area contributed by atoms with Crippen LogP contribution < -0.4 is 5.32 Å². The Kier molecular flexibility index (Phi) is 5.76. The first-order valence-electron chi connectivity index (χ1n) is 6.08. The van der Waals surface area contributed by atoms with Gasteiger partial charge in [0.05, 0.1) is 12.3 Å². The summed E-state index contributed by atoms with van der Waals surface area (Å²) in [4.78, 5) is 12.8. The van der Waals surface area contributed by atoms with Crippen LogP contribution in [0, 0.1) is 0 Å². The number of rotatable bonds is 5. The Hall–Kier alpha value is -0.660. The molecule has 1 aromatic heterocycles. The number of carbonyl (C=O) groups is 1. The first-order valence-corrected chi connectivity index (χ1v) is 8.14. The van der Waals surface area contributed by atoms with Gasteiger partial charge in [0.1, 0.15) is 4.88 Å². The first kappa shape index (κ1) is 16.4. The molecule has 7 heteroatoms. The molecule has 0 aromatic carbocycles. The van der Waals surface area contributed by atoms with Gasteiger partial charge in [0.15, 0.2) is 0 Å². The van der Waals surface area contributed by atoms with Crippen LogP contribution in [0.15, 0.2) is 0 Å². The molecule has 0 bridgehead atoms. The highest BCUT2D eigenvalue weighted by molar-refractivity contribution is 7.99. The van der Waals surface area contributed by atoms with Crippen LogP contribution >= 0.6 is 23.3 Å². The second kappa shape index (κ2) is 6.67. The number of nitrogens with one attached hydrogen (secondary N) is 1. The Labute approximate surface area is 122 Å². The average molecular weight is 303 g/mol. The molecule has 2 atom stereocenters. The molecule has 0 fully saturated rings. The summed E-state index contributed by atoms with van der Waals surface area (Å²) in [6.07, 6.45) is 1.92. The summed E-state index contributed by atoms with van der Waals surface area (Å²) in [6, 6.07) is -0.109. The smallest absolute Gasteiger partial charge is 0.265 e. The topological polar surface area (TPSA) is 75.1 Å². The van der Waals surface area contributed by atoms with E-state index in [0.717, 1.165) is 11.5 Å². The number of amides is 1. The number of nitrogens with zero attached hydrogens (tertiary/aromatic N) is 2. The predicted molar refractivity (Wildman–Crippen MR) is 79.9 cm³/mol. The molecule has 0 saturated carbocycles. The minimum atomic E-state index is -0.210. The van der Waals surface area contributed by atoms with E-state index >= 15 is 0 Å². The van der Waals surface area contributed by atoms with E-state index in [9.17, 15) is 9.90 Å². The summed E-state index contributed by atoms with van der Waals surface area (Å²) in [5.41, 5.74) is 0.505. The monoisotopic (exact) mass is 303 g/mol. The van der Waals surface area contributed by atoms with Crippen molar-refractivity contribution in [1.29, 1.82) is 0 Å². The van der Waals surface area contributed by atoms with E-state index in [0.29, 0.717) is 10.6 Å². The van der Waals surface area contributed by atoms with Crippen molar-refractivity contribution < 1.29 is 9.90 Å². The van der Waals surface area contributed by atoms with Gasteiger partial charge < -0.3 is 10.4 Å². The molecule has 0 saturated heterocycles. The third-order valence-corrected chi connectivity index (χ3v) is 4.69. The first-order chi connectivity index (χ1) is 8.81. The van der Waals surface area contributed by atoms with Crippen LogP contribution in [0.4, 0.5) is 0 Å². The summed E-state index contributed by atoms with van der Waals surface area (Å²) in [5, 5.41) is 16.2. The van der Waals surface area contributed by atoms with E-state index in [-0.39, 0.29) is 29.2 Å². The molecule has 0 aliphatic rings. The summed E-state index contributed by atoms with van der Waals surface area (Å²) in [7, 11) is 0. The molecule has 2 N–H and O–H groups in total. The minimum Gasteiger partial charge on any atom is -0.395 e. The largest absolute Gasteiger partial charge is 0.395 e. The van der Waals surface area contributed by atoms with Gasteiger partial charge in [-0.2, -0.15) is 11.8 Å². The normalized spacial score (nSPS) is 15.1. The molecular formula is C12H21N3O2S2. The fourth-order valence-corrected chi connectivity index (χ4v) is 3.04. The van der Waals surface area contributed by atoms with E-state index in [1.807, 2.05) is 34.0 Å². The lowest BCUT2D eigenvalue weighted by molar-refractivity contribution is 0.0937. The third kappa shape index (κ3) is 4.15. The Bertz CT molecular complexity index is 425. The number of hydrogen-bond acceptors (Lipinski definition) is 6. The summed E-state index contributed by atoms with van der Waals surface area (Å²) >= 11 is 2.65. The molecular weight excluding hydrogens is 282 g/mol. The maximum absolute atomic E-state index is 12.2. The van der Waals surface area contributed by atoms with Gasteiger partial charge in [-0.1, -0.05) is 25.3 Å². The van der Waals surface area contributed by atoms with Gasteiger partial charge in [-0.05, 0) is 24.7 Å². The van der Waals surface area contributed by atoms with Crippen LogP contribution in [0.5, 0.6) is 0 Å². The SMILES string of the molecule is CSC(CO)C(C)NC(=O)c1snnc1C(C)(C)C. The van der Waals surface area contributed by atoms with Crippen molar-refractivity contribution in [3.63, 3.8) is 0 Å². The molecule has 2 unspecified atom stereocenters. The molecule has 19 heavy (non-hydrogen) atoms. The highest BCUT2D eigenvalue weighted by Crippen LogP contribution is 2.25. The molecule has 5 nitrogen and oxygen atoms in total. The van der Waals surface area contributed by atoms with Gasteiger partial charge in [-0.25, -0.2) is 0 Å². The number of thioether (sulfide) groups is 1. The van der Waals surface area contributed by atoms with Crippen LogP contribution in [0.2, 0.25) is 0 Å². The van der Waals surface area contributed by atoms with Crippen LogP contribution in [0.1, 0.15) is 43.1 Å². The molecule has 0 aliphatic heterocycles. The van der Waals surface area contributed by atoms with Crippen molar-refractivity contribution >= 4 is 29.2 Å². The maximum atomic E-state index is 12.2. The van der Waals surface area contributed by atoms with Gasteiger partial charge in [-0.3, -0.25) is 4.79 Å². The van der Waals surface area contributed by atoms with Crippen LogP contribution in [-0.2, 0) is 5.41 Å². The molecule has 1 rings (SSSR count). The van der Waals surface area contributed by atoms with Gasteiger partial charge in [0.25, 0.3) is 5.91 Å². The van der Waals surface area contributed by atoms with Crippen molar-refractivity contribution in [3.05, 3.63) is 10.6 Å². The molecule has 108 valence electrons. The van der Waals surface area contributed by atoms with Gasteiger partial charge in [-0.15, -0.1) is 5.10 Å². The van der Waals surface area contributed by atoms with Crippen molar-refractivity contribution in [2.45, 2.75) is 44.4 Å². The predicted octanol–water partition coefficient (Wildman–Crippen LogP) is 1.68. The minimum absolute atomic E-state index is 0.0112. The maximum Gasteiger partial charge on any atom is 0.265 e. The van der Waals surface area contributed by atoms with Crippen LogP contribution in [-0.4, -0.2) is 44.8 Å². The average Bonchev–Trinajstić information content (AvgIpc) is 2.79. The second-order valence-electron chi connectivity index (χ2n) is 5.42. The Morgan fingerprint density at radius 2 is 2.16 bits per heavy atom. The summed E-state index contributed by atoms with van der Waals surface area (Å²) < 4.78 is 3.88.